The lowest BCUT2D eigenvalue weighted by atomic mass is 10.1. The van der Waals surface area contributed by atoms with E-state index in [1.165, 1.54) is 4.90 Å². The van der Waals surface area contributed by atoms with Gasteiger partial charge in [-0.3, -0.25) is 19.3 Å². The summed E-state index contributed by atoms with van der Waals surface area (Å²) in [5, 5.41) is 5.71. The number of nitrogens with zero attached hydrogens (tertiary/aromatic N) is 2. The minimum absolute atomic E-state index is 0.0707. The first kappa shape index (κ1) is 22.4. The van der Waals surface area contributed by atoms with Crippen LogP contribution in [-0.4, -0.2) is 61.8 Å². The minimum Gasteiger partial charge on any atom is -0.355 e. The number of benzene rings is 2. The summed E-state index contributed by atoms with van der Waals surface area (Å²) < 4.78 is 0. The molecular weight excluding hydrogens is 392 g/mol. The van der Waals surface area contributed by atoms with E-state index in [1.807, 2.05) is 24.1 Å². The number of nitrogens with one attached hydrogen (secondary N) is 2. The summed E-state index contributed by atoms with van der Waals surface area (Å²) in [6.45, 7) is 0.630. The lowest BCUT2D eigenvalue weighted by Gasteiger charge is -2.22. The number of likely N-dealkylation sites (N-methyl/N-ethyl adjacent to an activating group) is 2. The number of hydrogen-bond donors (Lipinski definition) is 2. The Kier molecular flexibility index (Phi) is 8.18. The molecule has 2 rings (SSSR count). The third-order valence-electron chi connectivity index (χ3n) is 4.26. The number of carbonyl (C=O) groups is 3. The van der Waals surface area contributed by atoms with Gasteiger partial charge in [-0.15, -0.1) is 0 Å². The van der Waals surface area contributed by atoms with Crippen molar-refractivity contribution in [1.82, 2.24) is 15.1 Å². The van der Waals surface area contributed by atoms with Gasteiger partial charge in [0.1, 0.15) is 0 Å². The van der Waals surface area contributed by atoms with Crippen LogP contribution in [-0.2, 0) is 16.1 Å². The molecule has 0 radical (unpaired) electrons. The molecule has 29 heavy (non-hydrogen) atoms. The van der Waals surface area contributed by atoms with Crippen molar-refractivity contribution in [3.8, 4) is 0 Å². The lowest BCUT2D eigenvalue weighted by molar-refractivity contribution is -0.134. The van der Waals surface area contributed by atoms with Crippen LogP contribution in [0.2, 0.25) is 5.02 Å². The maximum absolute atomic E-state index is 12.4. The van der Waals surface area contributed by atoms with Gasteiger partial charge in [-0.1, -0.05) is 35.9 Å². The molecule has 0 spiro atoms. The normalized spacial score (nSPS) is 10.5. The number of carbonyl (C=O) groups excluding carboxylic acids is 3. The maximum atomic E-state index is 12.4. The van der Waals surface area contributed by atoms with Crippen LogP contribution < -0.4 is 10.6 Å². The Morgan fingerprint density at radius 2 is 1.62 bits per heavy atom. The van der Waals surface area contributed by atoms with Crippen LogP contribution in [0.5, 0.6) is 0 Å². The van der Waals surface area contributed by atoms with Crippen LogP contribution in [0.25, 0.3) is 0 Å². The molecule has 0 unspecified atom stereocenters. The van der Waals surface area contributed by atoms with Crippen molar-refractivity contribution >= 4 is 35.0 Å². The molecule has 0 atom stereocenters. The first-order valence-electron chi connectivity index (χ1n) is 9.08. The van der Waals surface area contributed by atoms with E-state index in [2.05, 4.69) is 10.6 Å². The molecule has 0 heterocycles. The fourth-order valence-corrected chi connectivity index (χ4v) is 2.86. The van der Waals surface area contributed by atoms with Gasteiger partial charge in [0.15, 0.2) is 0 Å². The van der Waals surface area contributed by atoms with Gasteiger partial charge >= 0.3 is 0 Å². The van der Waals surface area contributed by atoms with Gasteiger partial charge in [0, 0.05) is 26.2 Å². The van der Waals surface area contributed by atoms with Crippen molar-refractivity contribution in [2.75, 3.05) is 39.5 Å². The second-order valence-electron chi connectivity index (χ2n) is 6.73. The number of rotatable bonds is 8. The van der Waals surface area contributed by atoms with Gasteiger partial charge in [-0.25, -0.2) is 0 Å². The van der Waals surface area contributed by atoms with Gasteiger partial charge in [0.2, 0.25) is 11.8 Å². The fraction of sp³-hybridized carbons (Fsp3) is 0.286. The average Bonchev–Trinajstić information content (AvgIpc) is 2.69. The van der Waals surface area contributed by atoms with E-state index >= 15 is 0 Å². The van der Waals surface area contributed by atoms with Crippen molar-refractivity contribution in [3.63, 3.8) is 0 Å². The van der Waals surface area contributed by atoms with Crippen molar-refractivity contribution in [2.45, 2.75) is 6.54 Å². The molecule has 2 N–H and O–H groups in total. The van der Waals surface area contributed by atoms with Crippen LogP contribution in [0.4, 0.5) is 5.69 Å². The molecule has 3 amide bonds. The highest BCUT2D eigenvalue weighted by molar-refractivity contribution is 6.33. The number of anilines is 1. The first-order chi connectivity index (χ1) is 13.8. The molecule has 0 saturated heterocycles. The quantitative estimate of drug-likeness (QED) is 0.691. The number of amides is 3. The van der Waals surface area contributed by atoms with E-state index in [9.17, 15) is 14.4 Å². The monoisotopic (exact) mass is 416 g/mol. The average molecular weight is 417 g/mol. The van der Waals surface area contributed by atoms with Crippen molar-refractivity contribution < 1.29 is 14.4 Å². The van der Waals surface area contributed by atoms with Crippen LogP contribution >= 0.6 is 11.6 Å². The van der Waals surface area contributed by atoms with E-state index < -0.39 is 0 Å². The molecule has 0 saturated carbocycles. The zero-order valence-corrected chi connectivity index (χ0v) is 17.5. The van der Waals surface area contributed by atoms with Crippen LogP contribution in [0.1, 0.15) is 15.9 Å². The summed E-state index contributed by atoms with van der Waals surface area (Å²) in [6.07, 6.45) is 0. The van der Waals surface area contributed by atoms with Crippen molar-refractivity contribution in [2.24, 2.45) is 0 Å². The Balaban J connectivity index is 1.82. The third-order valence-corrected chi connectivity index (χ3v) is 4.58. The predicted molar refractivity (Wildman–Crippen MR) is 114 cm³/mol. The number of para-hydroxylation sites is 1. The molecule has 0 aliphatic rings. The second-order valence-corrected chi connectivity index (χ2v) is 7.13. The second kappa shape index (κ2) is 10.6. The maximum Gasteiger partial charge on any atom is 0.251 e. The molecule has 8 heteroatoms. The van der Waals surface area contributed by atoms with E-state index in [1.54, 1.807) is 50.5 Å². The first-order valence-corrected chi connectivity index (χ1v) is 9.46. The van der Waals surface area contributed by atoms with E-state index in [-0.39, 0.29) is 30.8 Å². The summed E-state index contributed by atoms with van der Waals surface area (Å²) in [4.78, 5) is 39.4. The van der Waals surface area contributed by atoms with Crippen LogP contribution in [0.3, 0.4) is 0 Å². The number of hydrogen-bond acceptors (Lipinski definition) is 4. The highest BCUT2D eigenvalue weighted by Gasteiger charge is 2.16. The summed E-state index contributed by atoms with van der Waals surface area (Å²) >= 11 is 6.02. The molecular formula is C21H25ClN4O3. The summed E-state index contributed by atoms with van der Waals surface area (Å²) in [6, 6.07) is 14.1. The predicted octanol–water partition coefficient (Wildman–Crippen LogP) is 2.23. The van der Waals surface area contributed by atoms with Crippen LogP contribution in [0, 0.1) is 0 Å². The highest BCUT2D eigenvalue weighted by atomic mass is 35.5. The molecule has 0 aromatic heterocycles. The molecule has 0 aliphatic carbocycles. The van der Waals surface area contributed by atoms with Crippen molar-refractivity contribution in [3.05, 3.63) is 64.7 Å². The lowest BCUT2D eigenvalue weighted by Crippen LogP contribution is -2.40. The van der Waals surface area contributed by atoms with Gasteiger partial charge in [0.25, 0.3) is 5.91 Å². The standard InChI is InChI=1S/C21H25ClN4O3/c1-23-21(29)16-10-8-15(9-11-16)12-25(2)14-20(28)26(3)13-19(27)24-18-7-5-4-6-17(18)22/h4-11H,12-14H2,1-3H3,(H,23,29)(H,24,27). The smallest absolute Gasteiger partial charge is 0.251 e. The Morgan fingerprint density at radius 1 is 0.966 bits per heavy atom. The molecule has 0 bridgehead atoms. The van der Waals surface area contributed by atoms with Crippen molar-refractivity contribution in [1.29, 1.82) is 0 Å². The number of halogens is 1. The fourth-order valence-electron chi connectivity index (χ4n) is 2.68. The SMILES string of the molecule is CNC(=O)c1ccc(CN(C)CC(=O)N(C)CC(=O)Nc2ccccc2Cl)cc1. The van der Waals surface area contributed by atoms with Gasteiger partial charge in [0.05, 0.1) is 23.8 Å². The highest BCUT2D eigenvalue weighted by Crippen LogP contribution is 2.20. The molecule has 0 aliphatic heterocycles. The topological polar surface area (TPSA) is 81.8 Å². The van der Waals surface area contributed by atoms with Gasteiger partial charge in [-0.05, 0) is 36.9 Å². The molecule has 7 nitrogen and oxygen atoms in total. The molecule has 2 aromatic rings. The molecule has 154 valence electrons. The van der Waals surface area contributed by atoms with E-state index in [0.717, 1.165) is 5.56 Å². The third kappa shape index (κ3) is 6.89. The Labute approximate surface area is 175 Å². The molecule has 2 aromatic carbocycles. The van der Waals surface area contributed by atoms with E-state index in [4.69, 9.17) is 11.6 Å². The minimum atomic E-state index is -0.318. The van der Waals surface area contributed by atoms with Gasteiger partial charge < -0.3 is 15.5 Å². The Hall–Kier alpha value is -2.90. The molecule has 0 fully saturated rings. The zero-order valence-electron chi connectivity index (χ0n) is 16.7. The van der Waals surface area contributed by atoms with E-state index in [0.29, 0.717) is 22.8 Å². The van der Waals surface area contributed by atoms with Crippen LogP contribution in [0.15, 0.2) is 48.5 Å². The largest absolute Gasteiger partial charge is 0.355 e. The summed E-state index contributed by atoms with van der Waals surface area (Å²) in [5.74, 6) is -0.637. The Morgan fingerprint density at radius 3 is 2.24 bits per heavy atom. The summed E-state index contributed by atoms with van der Waals surface area (Å²) in [7, 11) is 4.99. The Bertz CT molecular complexity index is 870. The van der Waals surface area contributed by atoms with Gasteiger partial charge in [-0.2, -0.15) is 0 Å². The zero-order chi connectivity index (χ0) is 21.4. The summed E-state index contributed by atoms with van der Waals surface area (Å²) in [5.41, 5.74) is 2.07.